The molecule has 6 nitrogen and oxygen atoms in total. The number of aromatic amines is 1. The van der Waals surface area contributed by atoms with E-state index < -0.39 is 5.97 Å². The zero-order chi connectivity index (χ0) is 14.8. The fourth-order valence-electron chi connectivity index (χ4n) is 2.47. The van der Waals surface area contributed by atoms with Crippen LogP contribution in [0.15, 0.2) is 29.1 Å². The van der Waals surface area contributed by atoms with Gasteiger partial charge in [-0.05, 0) is 25.0 Å². The largest absolute Gasteiger partial charge is 0.481 e. The number of H-pyrrole nitrogens is 1. The highest BCUT2D eigenvalue weighted by Gasteiger charge is 2.29. The first-order valence-electron chi connectivity index (χ1n) is 7.07. The van der Waals surface area contributed by atoms with Crippen molar-refractivity contribution in [1.29, 1.82) is 0 Å². The SMILES string of the molecule is O=C(O)CCN(Cc1nc2ccccc2c(=O)[nH]1)C1CC1. The fourth-order valence-corrected chi connectivity index (χ4v) is 2.47. The van der Waals surface area contributed by atoms with Crippen molar-refractivity contribution in [3.8, 4) is 0 Å². The number of nitrogens with one attached hydrogen (secondary N) is 1. The van der Waals surface area contributed by atoms with Crippen molar-refractivity contribution < 1.29 is 9.90 Å². The topological polar surface area (TPSA) is 86.3 Å². The second-order valence-corrected chi connectivity index (χ2v) is 5.38. The predicted molar refractivity (Wildman–Crippen MR) is 78.0 cm³/mol. The third-order valence-electron chi connectivity index (χ3n) is 3.69. The number of benzene rings is 1. The molecular weight excluding hydrogens is 270 g/mol. The van der Waals surface area contributed by atoms with Crippen molar-refractivity contribution in [2.24, 2.45) is 0 Å². The molecule has 1 aliphatic rings. The van der Waals surface area contributed by atoms with E-state index in [4.69, 9.17) is 5.11 Å². The molecule has 1 aliphatic carbocycles. The van der Waals surface area contributed by atoms with Crippen molar-refractivity contribution >= 4 is 16.9 Å². The normalized spacial score (nSPS) is 14.7. The number of nitrogens with zero attached hydrogens (tertiary/aromatic N) is 2. The summed E-state index contributed by atoms with van der Waals surface area (Å²) in [5, 5.41) is 9.39. The quantitative estimate of drug-likeness (QED) is 0.838. The van der Waals surface area contributed by atoms with Gasteiger partial charge in [0.05, 0.1) is 23.9 Å². The zero-order valence-electron chi connectivity index (χ0n) is 11.6. The Kier molecular flexibility index (Phi) is 3.70. The van der Waals surface area contributed by atoms with Gasteiger partial charge in [-0.1, -0.05) is 12.1 Å². The minimum atomic E-state index is -0.805. The van der Waals surface area contributed by atoms with Gasteiger partial charge in [-0.15, -0.1) is 0 Å². The third kappa shape index (κ3) is 3.28. The lowest BCUT2D eigenvalue weighted by atomic mass is 10.2. The molecule has 1 aromatic carbocycles. The van der Waals surface area contributed by atoms with E-state index >= 15 is 0 Å². The van der Waals surface area contributed by atoms with Crippen LogP contribution in [0.1, 0.15) is 25.1 Å². The Hall–Kier alpha value is -2.21. The van der Waals surface area contributed by atoms with Gasteiger partial charge in [0.15, 0.2) is 0 Å². The monoisotopic (exact) mass is 287 g/mol. The summed E-state index contributed by atoms with van der Waals surface area (Å²) >= 11 is 0. The summed E-state index contributed by atoms with van der Waals surface area (Å²) in [6.45, 7) is 0.967. The van der Waals surface area contributed by atoms with Crippen molar-refractivity contribution in [2.45, 2.75) is 31.8 Å². The van der Waals surface area contributed by atoms with E-state index in [9.17, 15) is 9.59 Å². The van der Waals surface area contributed by atoms with Gasteiger partial charge >= 0.3 is 5.97 Å². The number of hydrogen-bond donors (Lipinski definition) is 2. The average molecular weight is 287 g/mol. The summed E-state index contributed by atoms with van der Waals surface area (Å²) in [5.74, 6) is -0.211. The van der Waals surface area contributed by atoms with E-state index in [0.29, 0.717) is 35.9 Å². The molecule has 1 heterocycles. The second-order valence-electron chi connectivity index (χ2n) is 5.38. The highest BCUT2D eigenvalue weighted by atomic mass is 16.4. The fraction of sp³-hybridized carbons (Fsp3) is 0.400. The Morgan fingerprint density at radius 1 is 1.38 bits per heavy atom. The Morgan fingerprint density at radius 2 is 2.14 bits per heavy atom. The Bertz CT molecular complexity index is 721. The molecule has 0 unspecified atom stereocenters. The van der Waals surface area contributed by atoms with Gasteiger partial charge in [0.2, 0.25) is 0 Å². The first kappa shape index (κ1) is 13.8. The summed E-state index contributed by atoms with van der Waals surface area (Å²) in [6, 6.07) is 7.63. The van der Waals surface area contributed by atoms with E-state index in [2.05, 4.69) is 14.9 Å². The molecule has 0 amide bonds. The van der Waals surface area contributed by atoms with Gasteiger partial charge in [-0.25, -0.2) is 4.98 Å². The van der Waals surface area contributed by atoms with Crippen molar-refractivity contribution in [2.75, 3.05) is 6.54 Å². The highest BCUT2D eigenvalue weighted by Crippen LogP contribution is 2.27. The number of hydrogen-bond acceptors (Lipinski definition) is 4. The van der Waals surface area contributed by atoms with Gasteiger partial charge < -0.3 is 10.1 Å². The lowest BCUT2D eigenvalue weighted by molar-refractivity contribution is -0.137. The van der Waals surface area contributed by atoms with E-state index in [1.54, 1.807) is 6.07 Å². The number of carboxylic acids is 1. The van der Waals surface area contributed by atoms with E-state index in [0.717, 1.165) is 12.8 Å². The molecule has 0 radical (unpaired) electrons. The minimum absolute atomic E-state index is 0.105. The molecular formula is C15H17N3O3. The predicted octanol–water partition coefficient (Wildman–Crippen LogP) is 1.36. The van der Waals surface area contributed by atoms with Gasteiger partial charge in [-0.2, -0.15) is 0 Å². The Morgan fingerprint density at radius 3 is 2.86 bits per heavy atom. The summed E-state index contributed by atoms with van der Waals surface area (Å²) in [7, 11) is 0. The van der Waals surface area contributed by atoms with Crippen molar-refractivity contribution in [1.82, 2.24) is 14.9 Å². The molecule has 0 bridgehead atoms. The molecule has 6 heteroatoms. The molecule has 1 aromatic heterocycles. The van der Waals surface area contributed by atoms with Gasteiger partial charge in [0.25, 0.3) is 5.56 Å². The zero-order valence-corrected chi connectivity index (χ0v) is 11.6. The van der Waals surface area contributed by atoms with Crippen LogP contribution in [0, 0.1) is 0 Å². The maximum absolute atomic E-state index is 12.0. The smallest absolute Gasteiger partial charge is 0.304 e. The van der Waals surface area contributed by atoms with Crippen LogP contribution in [0.5, 0.6) is 0 Å². The van der Waals surface area contributed by atoms with Crippen LogP contribution >= 0.6 is 0 Å². The number of fused-ring (bicyclic) bond motifs is 1. The molecule has 0 saturated heterocycles. The van der Waals surface area contributed by atoms with Crippen molar-refractivity contribution in [3.63, 3.8) is 0 Å². The van der Waals surface area contributed by atoms with Crippen LogP contribution in [0.3, 0.4) is 0 Å². The maximum Gasteiger partial charge on any atom is 0.304 e. The number of aliphatic carboxylic acids is 1. The highest BCUT2D eigenvalue weighted by molar-refractivity contribution is 5.77. The van der Waals surface area contributed by atoms with Crippen LogP contribution < -0.4 is 5.56 Å². The van der Waals surface area contributed by atoms with Crippen LogP contribution in [0.25, 0.3) is 10.9 Å². The summed E-state index contributed by atoms with van der Waals surface area (Å²) in [6.07, 6.45) is 2.27. The number of rotatable bonds is 6. The van der Waals surface area contributed by atoms with Gasteiger partial charge in [0.1, 0.15) is 5.82 Å². The molecule has 1 saturated carbocycles. The number of carboxylic acid groups (broad SMARTS) is 1. The maximum atomic E-state index is 12.0. The molecule has 110 valence electrons. The van der Waals surface area contributed by atoms with E-state index in [1.165, 1.54) is 0 Å². The molecule has 1 fully saturated rings. The molecule has 2 N–H and O–H groups in total. The van der Waals surface area contributed by atoms with Crippen LogP contribution in [0.4, 0.5) is 0 Å². The molecule has 2 aromatic rings. The lowest BCUT2D eigenvalue weighted by Crippen LogP contribution is -2.30. The van der Waals surface area contributed by atoms with Crippen LogP contribution in [0.2, 0.25) is 0 Å². The van der Waals surface area contributed by atoms with E-state index in [1.807, 2.05) is 18.2 Å². The Balaban J connectivity index is 1.82. The lowest BCUT2D eigenvalue weighted by Gasteiger charge is -2.20. The molecule has 0 aliphatic heterocycles. The standard InChI is InChI=1S/C15H17N3O3/c19-14(20)7-8-18(10-5-6-10)9-13-16-12-4-2-1-3-11(12)15(21)17-13/h1-4,10H,5-9H2,(H,19,20)(H,16,17,21). The number of para-hydroxylation sites is 1. The summed E-state index contributed by atoms with van der Waals surface area (Å²) in [5.41, 5.74) is 0.523. The average Bonchev–Trinajstić information content (AvgIpc) is 3.28. The summed E-state index contributed by atoms with van der Waals surface area (Å²) < 4.78 is 0. The van der Waals surface area contributed by atoms with Crippen molar-refractivity contribution in [3.05, 3.63) is 40.4 Å². The molecule has 0 atom stereocenters. The third-order valence-corrected chi connectivity index (χ3v) is 3.69. The second kappa shape index (κ2) is 5.65. The molecule has 0 spiro atoms. The first-order chi connectivity index (χ1) is 10.1. The van der Waals surface area contributed by atoms with Crippen LogP contribution in [-0.4, -0.2) is 38.5 Å². The molecule has 3 rings (SSSR count). The van der Waals surface area contributed by atoms with Crippen LogP contribution in [-0.2, 0) is 11.3 Å². The van der Waals surface area contributed by atoms with Gasteiger partial charge in [-0.3, -0.25) is 14.5 Å². The molecule has 21 heavy (non-hydrogen) atoms. The minimum Gasteiger partial charge on any atom is -0.481 e. The number of aromatic nitrogens is 2. The summed E-state index contributed by atoms with van der Waals surface area (Å²) in [4.78, 5) is 32.1. The van der Waals surface area contributed by atoms with Gasteiger partial charge in [0, 0.05) is 12.6 Å². The Labute approximate surface area is 121 Å². The first-order valence-corrected chi connectivity index (χ1v) is 7.07. The number of carbonyl (C=O) groups is 1. The van der Waals surface area contributed by atoms with E-state index in [-0.39, 0.29) is 12.0 Å².